The lowest BCUT2D eigenvalue weighted by atomic mass is 10.1. The second-order valence-electron chi connectivity index (χ2n) is 3.75. The van der Waals surface area contributed by atoms with Crippen molar-refractivity contribution in [2.24, 2.45) is 0 Å². The Balaban J connectivity index is 2.06. The minimum Gasteiger partial charge on any atom is -0.353 e. The minimum absolute atomic E-state index is 0.135. The van der Waals surface area contributed by atoms with Gasteiger partial charge in [-0.25, -0.2) is 0 Å². The minimum atomic E-state index is 0.135. The number of carbonyl (C=O) groups is 1. The first-order valence-corrected chi connectivity index (χ1v) is 5.43. The van der Waals surface area contributed by atoms with E-state index >= 15 is 0 Å². The van der Waals surface area contributed by atoms with Crippen molar-refractivity contribution < 1.29 is 4.79 Å². The molecule has 80 valence electrons. The molecule has 1 aliphatic heterocycles. The summed E-state index contributed by atoms with van der Waals surface area (Å²) in [7, 11) is 0. The Morgan fingerprint density at radius 2 is 2.07 bits per heavy atom. The molecule has 0 aromatic carbocycles. The average molecular weight is 196 g/mol. The topological polar surface area (TPSA) is 32.3 Å². The highest BCUT2D eigenvalue weighted by atomic mass is 16.1. The molecular formula is C11H20N2O. The molecule has 3 heteroatoms. The number of nitrogens with one attached hydrogen (secondary N) is 1. The number of rotatable bonds is 5. The second-order valence-corrected chi connectivity index (χ2v) is 3.75. The summed E-state index contributed by atoms with van der Waals surface area (Å²) in [6.07, 6.45) is 6.24. The van der Waals surface area contributed by atoms with E-state index in [4.69, 9.17) is 0 Å². The molecule has 0 aromatic rings. The van der Waals surface area contributed by atoms with E-state index in [-0.39, 0.29) is 5.91 Å². The summed E-state index contributed by atoms with van der Waals surface area (Å²) in [4.78, 5) is 13.6. The molecule has 0 aliphatic carbocycles. The molecule has 3 nitrogen and oxygen atoms in total. The summed E-state index contributed by atoms with van der Waals surface area (Å²) in [6.45, 7) is 7.37. The third kappa shape index (κ3) is 4.42. The zero-order chi connectivity index (χ0) is 10.2. The molecule has 1 heterocycles. The molecule has 0 radical (unpaired) electrons. The van der Waals surface area contributed by atoms with Gasteiger partial charge in [0, 0.05) is 19.5 Å². The van der Waals surface area contributed by atoms with Crippen molar-refractivity contribution in [3.63, 3.8) is 0 Å². The summed E-state index contributed by atoms with van der Waals surface area (Å²) < 4.78 is 0. The maximum Gasteiger partial charge on any atom is 0.221 e. The molecular weight excluding hydrogens is 176 g/mol. The molecule has 14 heavy (non-hydrogen) atoms. The fourth-order valence-corrected chi connectivity index (χ4v) is 1.72. The summed E-state index contributed by atoms with van der Waals surface area (Å²) in [5, 5.41) is 2.79. The van der Waals surface area contributed by atoms with Gasteiger partial charge in [-0.3, -0.25) is 4.79 Å². The van der Waals surface area contributed by atoms with Crippen molar-refractivity contribution >= 4 is 5.91 Å². The van der Waals surface area contributed by atoms with Crippen LogP contribution in [0.25, 0.3) is 0 Å². The lowest BCUT2D eigenvalue weighted by molar-refractivity contribution is -0.121. The second kappa shape index (κ2) is 6.60. The standard InChI is InChI=1S/C11H20N2O/c1-2-7-12-11(14)6-10-13-8-4-3-5-9-13/h2H,1,3-10H2,(H,12,14). The molecule has 0 atom stereocenters. The highest BCUT2D eigenvalue weighted by Crippen LogP contribution is 2.08. The Kier molecular flexibility index (Phi) is 5.30. The predicted molar refractivity (Wildman–Crippen MR) is 58.1 cm³/mol. The normalized spacial score (nSPS) is 17.7. The predicted octanol–water partition coefficient (Wildman–Crippen LogP) is 1.16. The Morgan fingerprint density at radius 1 is 1.36 bits per heavy atom. The van der Waals surface area contributed by atoms with E-state index in [1.165, 1.54) is 19.3 Å². The van der Waals surface area contributed by atoms with Gasteiger partial charge in [0.25, 0.3) is 0 Å². The van der Waals surface area contributed by atoms with E-state index in [0.717, 1.165) is 19.6 Å². The number of piperidine rings is 1. The first-order chi connectivity index (χ1) is 6.83. The summed E-state index contributed by atoms with van der Waals surface area (Å²) in [6, 6.07) is 0. The van der Waals surface area contributed by atoms with Gasteiger partial charge in [-0.15, -0.1) is 6.58 Å². The van der Waals surface area contributed by atoms with Gasteiger partial charge in [-0.2, -0.15) is 0 Å². The molecule has 0 aromatic heterocycles. The molecule has 0 spiro atoms. The molecule has 1 aliphatic rings. The average Bonchev–Trinajstić information content (AvgIpc) is 2.25. The van der Waals surface area contributed by atoms with E-state index in [1.807, 2.05) is 0 Å². The summed E-state index contributed by atoms with van der Waals surface area (Å²) in [5.41, 5.74) is 0. The molecule has 0 saturated carbocycles. The van der Waals surface area contributed by atoms with Crippen molar-refractivity contribution in [3.8, 4) is 0 Å². The molecule has 1 amide bonds. The highest BCUT2D eigenvalue weighted by molar-refractivity contribution is 5.76. The monoisotopic (exact) mass is 196 g/mol. The molecule has 0 unspecified atom stereocenters. The number of likely N-dealkylation sites (tertiary alicyclic amines) is 1. The van der Waals surface area contributed by atoms with Crippen LogP contribution in [-0.2, 0) is 4.79 Å². The van der Waals surface area contributed by atoms with Crippen LogP contribution in [0.3, 0.4) is 0 Å². The van der Waals surface area contributed by atoms with Gasteiger partial charge in [0.1, 0.15) is 0 Å². The van der Waals surface area contributed by atoms with Crippen molar-refractivity contribution in [1.29, 1.82) is 0 Å². The van der Waals surface area contributed by atoms with Gasteiger partial charge in [0.05, 0.1) is 0 Å². The molecule has 1 saturated heterocycles. The Bertz CT molecular complexity index is 186. The van der Waals surface area contributed by atoms with Crippen LogP contribution in [-0.4, -0.2) is 37.0 Å². The zero-order valence-electron chi connectivity index (χ0n) is 8.80. The quantitative estimate of drug-likeness (QED) is 0.669. The van der Waals surface area contributed by atoms with E-state index < -0.39 is 0 Å². The largest absolute Gasteiger partial charge is 0.353 e. The number of hydrogen-bond acceptors (Lipinski definition) is 2. The number of hydrogen-bond donors (Lipinski definition) is 1. The fraction of sp³-hybridized carbons (Fsp3) is 0.727. The van der Waals surface area contributed by atoms with Crippen molar-refractivity contribution in [2.45, 2.75) is 25.7 Å². The third-order valence-electron chi connectivity index (χ3n) is 2.55. The lowest BCUT2D eigenvalue weighted by Crippen LogP contribution is -2.34. The molecule has 1 N–H and O–H groups in total. The Labute approximate surface area is 86.2 Å². The third-order valence-corrected chi connectivity index (χ3v) is 2.55. The van der Waals surface area contributed by atoms with E-state index in [0.29, 0.717) is 13.0 Å². The van der Waals surface area contributed by atoms with Crippen LogP contribution in [0.2, 0.25) is 0 Å². The van der Waals surface area contributed by atoms with Crippen molar-refractivity contribution in [1.82, 2.24) is 10.2 Å². The number of carbonyl (C=O) groups excluding carboxylic acids is 1. The van der Waals surface area contributed by atoms with Crippen molar-refractivity contribution in [3.05, 3.63) is 12.7 Å². The highest BCUT2D eigenvalue weighted by Gasteiger charge is 2.10. The van der Waals surface area contributed by atoms with Crippen LogP contribution in [0.4, 0.5) is 0 Å². The smallest absolute Gasteiger partial charge is 0.221 e. The van der Waals surface area contributed by atoms with Gasteiger partial charge in [-0.1, -0.05) is 12.5 Å². The maximum absolute atomic E-state index is 11.3. The molecule has 1 fully saturated rings. The van der Waals surface area contributed by atoms with Gasteiger partial charge < -0.3 is 10.2 Å². The summed E-state index contributed by atoms with van der Waals surface area (Å²) in [5.74, 6) is 0.135. The van der Waals surface area contributed by atoms with Gasteiger partial charge in [0.15, 0.2) is 0 Å². The van der Waals surface area contributed by atoms with Gasteiger partial charge in [-0.05, 0) is 25.9 Å². The van der Waals surface area contributed by atoms with Crippen LogP contribution < -0.4 is 5.32 Å². The fourth-order valence-electron chi connectivity index (χ4n) is 1.72. The van der Waals surface area contributed by atoms with Gasteiger partial charge >= 0.3 is 0 Å². The Morgan fingerprint density at radius 3 is 2.71 bits per heavy atom. The van der Waals surface area contributed by atoms with Gasteiger partial charge in [0.2, 0.25) is 5.91 Å². The molecule has 1 rings (SSSR count). The maximum atomic E-state index is 11.3. The molecule has 0 bridgehead atoms. The van der Waals surface area contributed by atoms with Crippen LogP contribution in [0.15, 0.2) is 12.7 Å². The van der Waals surface area contributed by atoms with Crippen LogP contribution in [0.5, 0.6) is 0 Å². The number of amides is 1. The van der Waals surface area contributed by atoms with Crippen LogP contribution in [0, 0.1) is 0 Å². The van der Waals surface area contributed by atoms with E-state index in [1.54, 1.807) is 6.08 Å². The van der Waals surface area contributed by atoms with Crippen LogP contribution in [0.1, 0.15) is 25.7 Å². The summed E-state index contributed by atoms with van der Waals surface area (Å²) >= 11 is 0. The van der Waals surface area contributed by atoms with E-state index in [9.17, 15) is 4.79 Å². The first kappa shape index (κ1) is 11.2. The number of nitrogens with zero attached hydrogens (tertiary/aromatic N) is 1. The zero-order valence-corrected chi connectivity index (χ0v) is 8.80. The van der Waals surface area contributed by atoms with Crippen molar-refractivity contribution in [2.75, 3.05) is 26.2 Å². The SMILES string of the molecule is C=CCNC(=O)CCN1CCCCC1. The lowest BCUT2D eigenvalue weighted by Gasteiger charge is -2.25. The van der Waals surface area contributed by atoms with Crippen LogP contribution >= 0.6 is 0 Å². The van der Waals surface area contributed by atoms with E-state index in [2.05, 4.69) is 16.8 Å². The Hall–Kier alpha value is -0.830. The first-order valence-electron chi connectivity index (χ1n) is 5.43.